The Morgan fingerprint density at radius 2 is 1.45 bits per heavy atom. The largest absolute Gasteiger partial charge is 0.336 e. The number of amides is 4. The van der Waals surface area contributed by atoms with Crippen LogP contribution in [0.1, 0.15) is 0 Å². The third kappa shape index (κ3) is 6.26. The molecule has 0 aliphatic heterocycles. The van der Waals surface area contributed by atoms with Crippen LogP contribution in [0.4, 0.5) is 26.7 Å². The van der Waals surface area contributed by atoms with Crippen LogP contribution in [-0.2, 0) is 0 Å². The molecule has 0 spiro atoms. The summed E-state index contributed by atoms with van der Waals surface area (Å²) in [7, 11) is 0. The van der Waals surface area contributed by atoms with E-state index < -0.39 is 0 Å². The number of nitrogens with one attached hydrogen (secondary N) is 3. The van der Waals surface area contributed by atoms with Crippen molar-refractivity contribution in [2.24, 2.45) is 0 Å². The number of para-hydroxylation sites is 2. The predicted molar refractivity (Wildman–Crippen MR) is 118 cm³/mol. The Hall–Kier alpha value is -3.51. The van der Waals surface area contributed by atoms with Gasteiger partial charge in [0.15, 0.2) is 0 Å². The topological polar surface area (TPSA) is 73.5 Å². The zero-order chi connectivity index (χ0) is 20.5. The SMILES string of the molecule is O=C(NCCN(C(=O)Nc1ccccc1)c1ccccc1)Nc1cccc(Cl)c1. The second-order valence-electron chi connectivity index (χ2n) is 6.17. The van der Waals surface area contributed by atoms with E-state index in [-0.39, 0.29) is 18.6 Å². The second kappa shape index (κ2) is 10.1. The number of rotatable bonds is 6. The lowest BCUT2D eigenvalue weighted by atomic mass is 10.3. The summed E-state index contributed by atoms with van der Waals surface area (Å²) in [5.41, 5.74) is 2.03. The van der Waals surface area contributed by atoms with Crippen molar-refractivity contribution in [3.8, 4) is 0 Å². The fourth-order valence-electron chi connectivity index (χ4n) is 2.69. The molecule has 29 heavy (non-hydrogen) atoms. The van der Waals surface area contributed by atoms with E-state index in [2.05, 4.69) is 16.0 Å². The van der Waals surface area contributed by atoms with Gasteiger partial charge in [0.05, 0.1) is 0 Å². The molecule has 0 saturated heterocycles. The third-order valence-corrected chi connectivity index (χ3v) is 4.28. The number of carbonyl (C=O) groups is 2. The van der Waals surface area contributed by atoms with Crippen LogP contribution in [0.25, 0.3) is 0 Å². The summed E-state index contributed by atoms with van der Waals surface area (Å²) in [5, 5.41) is 8.87. The number of urea groups is 2. The Morgan fingerprint density at radius 3 is 2.14 bits per heavy atom. The van der Waals surface area contributed by atoms with Gasteiger partial charge in [-0.25, -0.2) is 9.59 Å². The van der Waals surface area contributed by atoms with Crippen molar-refractivity contribution in [1.29, 1.82) is 0 Å². The molecule has 4 amide bonds. The van der Waals surface area contributed by atoms with Crippen LogP contribution in [0.3, 0.4) is 0 Å². The number of anilines is 3. The molecule has 3 aromatic rings. The van der Waals surface area contributed by atoms with Crippen LogP contribution < -0.4 is 20.9 Å². The number of hydrogen-bond donors (Lipinski definition) is 3. The lowest BCUT2D eigenvalue weighted by molar-refractivity contribution is 0.250. The molecule has 0 atom stereocenters. The minimum absolute atomic E-state index is 0.267. The Bertz CT molecular complexity index is 951. The number of carbonyl (C=O) groups excluding carboxylic acids is 2. The summed E-state index contributed by atoms with van der Waals surface area (Å²) in [6, 6.07) is 24.7. The van der Waals surface area contributed by atoms with Crippen LogP contribution in [0, 0.1) is 0 Å². The van der Waals surface area contributed by atoms with Crippen LogP contribution in [-0.4, -0.2) is 25.2 Å². The molecule has 6 nitrogen and oxygen atoms in total. The Labute approximate surface area is 174 Å². The van der Waals surface area contributed by atoms with Gasteiger partial charge >= 0.3 is 12.1 Å². The third-order valence-electron chi connectivity index (χ3n) is 4.04. The lowest BCUT2D eigenvalue weighted by Crippen LogP contribution is -2.42. The van der Waals surface area contributed by atoms with Gasteiger partial charge in [0.1, 0.15) is 0 Å². The standard InChI is InChI=1S/C22H21ClN4O2/c23-17-8-7-11-19(16-17)25-21(28)24-14-15-27(20-12-5-2-6-13-20)22(29)26-18-9-3-1-4-10-18/h1-13,16H,14-15H2,(H,26,29)(H2,24,25,28). The van der Waals surface area contributed by atoms with Crippen LogP contribution in [0.2, 0.25) is 5.02 Å². The van der Waals surface area contributed by atoms with Gasteiger partial charge in [-0.2, -0.15) is 0 Å². The lowest BCUT2D eigenvalue weighted by Gasteiger charge is -2.23. The van der Waals surface area contributed by atoms with E-state index in [1.807, 2.05) is 60.7 Å². The highest BCUT2D eigenvalue weighted by Crippen LogP contribution is 2.16. The molecule has 0 bridgehead atoms. The van der Waals surface area contributed by atoms with Gasteiger partial charge in [0, 0.05) is 35.2 Å². The summed E-state index contributed by atoms with van der Waals surface area (Å²) < 4.78 is 0. The van der Waals surface area contributed by atoms with E-state index in [9.17, 15) is 9.59 Å². The van der Waals surface area contributed by atoms with E-state index in [0.29, 0.717) is 22.9 Å². The van der Waals surface area contributed by atoms with Gasteiger partial charge < -0.3 is 16.0 Å². The van der Waals surface area contributed by atoms with Crippen molar-refractivity contribution in [2.45, 2.75) is 0 Å². The molecule has 0 aliphatic carbocycles. The molecule has 3 rings (SSSR count). The summed E-state index contributed by atoms with van der Waals surface area (Å²) in [5.74, 6) is 0. The van der Waals surface area contributed by atoms with Crippen LogP contribution >= 0.6 is 11.6 Å². The van der Waals surface area contributed by atoms with Crippen molar-refractivity contribution >= 4 is 40.7 Å². The Balaban J connectivity index is 1.60. The average molecular weight is 409 g/mol. The molecule has 0 unspecified atom stereocenters. The summed E-state index contributed by atoms with van der Waals surface area (Å²) in [6.45, 7) is 0.565. The van der Waals surface area contributed by atoms with Gasteiger partial charge in [-0.15, -0.1) is 0 Å². The normalized spacial score (nSPS) is 10.1. The summed E-state index contributed by atoms with van der Waals surface area (Å²) >= 11 is 5.92. The van der Waals surface area contributed by atoms with E-state index in [4.69, 9.17) is 11.6 Å². The minimum atomic E-state index is -0.372. The number of hydrogen-bond acceptors (Lipinski definition) is 2. The van der Waals surface area contributed by atoms with Crippen molar-refractivity contribution in [2.75, 3.05) is 28.6 Å². The molecule has 0 aliphatic rings. The fourth-order valence-corrected chi connectivity index (χ4v) is 2.88. The minimum Gasteiger partial charge on any atom is -0.336 e. The zero-order valence-electron chi connectivity index (χ0n) is 15.6. The number of nitrogens with zero attached hydrogens (tertiary/aromatic N) is 1. The second-order valence-corrected chi connectivity index (χ2v) is 6.61. The van der Waals surface area contributed by atoms with Crippen molar-refractivity contribution in [1.82, 2.24) is 5.32 Å². The smallest absolute Gasteiger partial charge is 0.326 e. The highest BCUT2D eigenvalue weighted by molar-refractivity contribution is 6.30. The van der Waals surface area contributed by atoms with Gasteiger partial charge in [0.2, 0.25) is 0 Å². The quantitative estimate of drug-likeness (QED) is 0.524. The molecule has 0 radical (unpaired) electrons. The molecular formula is C22H21ClN4O2. The first kappa shape index (κ1) is 20.2. The van der Waals surface area contributed by atoms with Gasteiger partial charge in [0.25, 0.3) is 0 Å². The van der Waals surface area contributed by atoms with Crippen molar-refractivity contribution in [3.05, 3.63) is 90.0 Å². The molecule has 0 saturated carbocycles. The number of halogens is 1. The van der Waals surface area contributed by atoms with Crippen molar-refractivity contribution < 1.29 is 9.59 Å². The predicted octanol–water partition coefficient (Wildman–Crippen LogP) is 5.20. The maximum absolute atomic E-state index is 12.8. The fraction of sp³-hybridized carbons (Fsp3) is 0.0909. The highest BCUT2D eigenvalue weighted by atomic mass is 35.5. The summed E-state index contributed by atoms with van der Waals surface area (Å²) in [6.07, 6.45) is 0. The average Bonchev–Trinajstić information content (AvgIpc) is 2.72. The Kier molecular flexibility index (Phi) is 7.08. The highest BCUT2D eigenvalue weighted by Gasteiger charge is 2.16. The first-order valence-electron chi connectivity index (χ1n) is 9.11. The molecule has 7 heteroatoms. The molecule has 148 valence electrons. The molecule has 0 heterocycles. The van der Waals surface area contributed by atoms with Crippen LogP contribution in [0.15, 0.2) is 84.9 Å². The monoisotopic (exact) mass is 408 g/mol. The van der Waals surface area contributed by atoms with Gasteiger partial charge in [-0.05, 0) is 42.5 Å². The van der Waals surface area contributed by atoms with E-state index >= 15 is 0 Å². The van der Waals surface area contributed by atoms with Crippen molar-refractivity contribution in [3.63, 3.8) is 0 Å². The van der Waals surface area contributed by atoms with Gasteiger partial charge in [-0.1, -0.05) is 54.1 Å². The first-order chi connectivity index (χ1) is 14.1. The summed E-state index contributed by atoms with van der Waals surface area (Å²) in [4.78, 5) is 26.5. The molecule has 0 fully saturated rings. The maximum Gasteiger partial charge on any atom is 0.326 e. The van der Waals surface area contributed by atoms with E-state index in [0.717, 1.165) is 5.69 Å². The maximum atomic E-state index is 12.8. The van der Waals surface area contributed by atoms with Gasteiger partial charge in [-0.3, -0.25) is 4.90 Å². The van der Waals surface area contributed by atoms with E-state index in [1.54, 1.807) is 29.2 Å². The molecule has 3 N–H and O–H groups in total. The molecule has 0 aromatic heterocycles. The number of benzene rings is 3. The Morgan fingerprint density at radius 1 is 0.793 bits per heavy atom. The van der Waals surface area contributed by atoms with Crippen LogP contribution in [0.5, 0.6) is 0 Å². The molecular weight excluding hydrogens is 388 g/mol. The zero-order valence-corrected chi connectivity index (χ0v) is 16.4. The van der Waals surface area contributed by atoms with E-state index in [1.165, 1.54) is 0 Å². The molecule has 3 aromatic carbocycles. The first-order valence-corrected chi connectivity index (χ1v) is 9.48.